The van der Waals surface area contributed by atoms with Crippen molar-refractivity contribution >= 4 is 22.8 Å². The largest absolute Gasteiger partial charge is 0.383 e. The molecule has 1 saturated heterocycles. The molecule has 0 saturated carbocycles. The van der Waals surface area contributed by atoms with Crippen LogP contribution in [0.3, 0.4) is 0 Å². The van der Waals surface area contributed by atoms with E-state index in [1.807, 2.05) is 29.9 Å². The summed E-state index contributed by atoms with van der Waals surface area (Å²) >= 11 is 0. The summed E-state index contributed by atoms with van der Waals surface area (Å²) in [5.41, 5.74) is 3.61. The van der Waals surface area contributed by atoms with Crippen molar-refractivity contribution in [3.8, 4) is 0 Å². The monoisotopic (exact) mass is 409 g/mol. The van der Waals surface area contributed by atoms with Gasteiger partial charge in [-0.05, 0) is 25.0 Å². The van der Waals surface area contributed by atoms with Crippen LogP contribution < -0.4 is 4.90 Å². The highest BCUT2D eigenvalue weighted by Gasteiger charge is 2.27. The number of rotatable bonds is 6. The number of hydrogen-bond donors (Lipinski definition) is 0. The number of ether oxygens (including phenoxy) is 1. The molecule has 1 fully saturated rings. The summed E-state index contributed by atoms with van der Waals surface area (Å²) < 4.78 is 7.26. The molecule has 4 rings (SSSR count). The number of likely N-dealkylation sites (N-methyl/N-ethyl adjacent to an activating group) is 1. The molecule has 3 aromatic rings. The van der Waals surface area contributed by atoms with Crippen LogP contribution >= 0.6 is 0 Å². The van der Waals surface area contributed by atoms with Crippen molar-refractivity contribution in [3.63, 3.8) is 0 Å². The van der Waals surface area contributed by atoms with E-state index < -0.39 is 0 Å². The number of hydrogen-bond acceptors (Lipinski definition) is 7. The molecule has 158 valence electrons. The highest BCUT2D eigenvalue weighted by atomic mass is 16.5. The second-order valence-electron chi connectivity index (χ2n) is 7.71. The molecule has 0 aromatic carbocycles. The van der Waals surface area contributed by atoms with E-state index in [2.05, 4.69) is 26.1 Å². The van der Waals surface area contributed by atoms with Gasteiger partial charge in [0, 0.05) is 52.5 Å². The lowest BCUT2D eigenvalue weighted by Gasteiger charge is -2.32. The van der Waals surface area contributed by atoms with Gasteiger partial charge in [-0.25, -0.2) is 9.97 Å². The summed E-state index contributed by atoms with van der Waals surface area (Å²) in [4.78, 5) is 26.2. The Kier molecular flexibility index (Phi) is 5.89. The molecule has 0 atom stereocenters. The molecule has 1 aliphatic rings. The summed E-state index contributed by atoms with van der Waals surface area (Å²) in [5, 5.41) is 7.56. The number of pyridine rings is 1. The minimum absolute atomic E-state index is 0.0124. The molecule has 4 heterocycles. The van der Waals surface area contributed by atoms with Gasteiger partial charge in [-0.3, -0.25) is 4.79 Å². The molecule has 30 heavy (non-hydrogen) atoms. The minimum Gasteiger partial charge on any atom is -0.383 e. The number of methoxy groups -OCH3 is 1. The summed E-state index contributed by atoms with van der Waals surface area (Å²) in [6, 6.07) is 3.85. The van der Waals surface area contributed by atoms with Crippen LogP contribution in [0.15, 0.2) is 30.9 Å². The maximum Gasteiger partial charge on any atom is 0.255 e. The third-order valence-electron chi connectivity index (χ3n) is 5.74. The van der Waals surface area contributed by atoms with Crippen LogP contribution in [0, 0.1) is 0 Å². The van der Waals surface area contributed by atoms with E-state index in [1.54, 1.807) is 19.4 Å². The summed E-state index contributed by atoms with van der Waals surface area (Å²) in [6.07, 6.45) is 6.65. The van der Waals surface area contributed by atoms with Crippen LogP contribution in [-0.4, -0.2) is 75.9 Å². The number of likely N-dealkylation sites (tertiary alicyclic amines) is 1. The number of anilines is 1. The Hall–Kier alpha value is -3.07. The molecule has 9 heteroatoms. The number of piperidine rings is 1. The Labute approximate surface area is 175 Å². The van der Waals surface area contributed by atoms with E-state index in [9.17, 15) is 4.79 Å². The van der Waals surface area contributed by atoms with Crippen molar-refractivity contribution in [2.75, 3.05) is 45.3 Å². The highest BCUT2D eigenvalue weighted by Crippen LogP contribution is 2.32. The molecule has 9 nitrogen and oxygen atoms in total. The van der Waals surface area contributed by atoms with Gasteiger partial charge in [0.25, 0.3) is 5.91 Å². The predicted molar refractivity (Wildman–Crippen MR) is 114 cm³/mol. The number of imidazole rings is 1. The Balaban J connectivity index is 1.54. The van der Waals surface area contributed by atoms with Gasteiger partial charge in [0.1, 0.15) is 5.52 Å². The fraction of sp³-hybridized carbons (Fsp3) is 0.476. The number of carbonyl (C=O) groups excluding carboxylic acids is 1. The second-order valence-corrected chi connectivity index (χ2v) is 7.71. The fourth-order valence-electron chi connectivity index (χ4n) is 3.92. The first-order valence-corrected chi connectivity index (χ1v) is 10.2. The van der Waals surface area contributed by atoms with Crippen molar-refractivity contribution in [1.29, 1.82) is 0 Å². The Morgan fingerprint density at radius 2 is 2.10 bits per heavy atom. The van der Waals surface area contributed by atoms with E-state index in [0.29, 0.717) is 31.2 Å². The predicted octanol–water partition coefficient (Wildman–Crippen LogP) is 1.86. The summed E-state index contributed by atoms with van der Waals surface area (Å²) in [7, 11) is 5.72. The van der Waals surface area contributed by atoms with E-state index in [1.165, 1.54) is 6.20 Å². The molecular formula is C21H27N7O2. The van der Waals surface area contributed by atoms with Gasteiger partial charge in [-0.1, -0.05) is 0 Å². The van der Waals surface area contributed by atoms with E-state index >= 15 is 0 Å². The smallest absolute Gasteiger partial charge is 0.255 e. The normalized spacial score (nSPS) is 15.0. The van der Waals surface area contributed by atoms with E-state index in [-0.39, 0.29) is 5.91 Å². The van der Waals surface area contributed by atoms with E-state index in [0.717, 1.165) is 41.9 Å². The number of fused-ring (bicyclic) bond motifs is 1. The lowest BCUT2D eigenvalue weighted by molar-refractivity contribution is 0.0711. The highest BCUT2D eigenvalue weighted by molar-refractivity contribution is 5.93. The number of aryl methyl sites for hydroxylation is 1. The zero-order chi connectivity index (χ0) is 21.1. The van der Waals surface area contributed by atoms with Crippen molar-refractivity contribution in [1.82, 2.24) is 29.6 Å². The topological polar surface area (TPSA) is 89.3 Å². The van der Waals surface area contributed by atoms with E-state index in [4.69, 9.17) is 9.72 Å². The van der Waals surface area contributed by atoms with Crippen LogP contribution in [0.4, 0.5) is 5.82 Å². The van der Waals surface area contributed by atoms with Crippen LogP contribution in [0.1, 0.15) is 34.8 Å². The standard InChI is InChI=1S/C21H27N7O2/c1-26(10-11-30-3)20-19-18(27(2)14-22-19)12-17(25-20)15-5-8-28(9-6-15)21(29)16-4-7-23-24-13-16/h4,7,12-15H,5-6,8-11H2,1-3H3. The van der Waals surface area contributed by atoms with Gasteiger partial charge >= 0.3 is 0 Å². The van der Waals surface area contributed by atoms with Crippen molar-refractivity contribution < 1.29 is 9.53 Å². The zero-order valence-corrected chi connectivity index (χ0v) is 17.7. The fourth-order valence-corrected chi connectivity index (χ4v) is 3.92. The Morgan fingerprint density at radius 3 is 2.80 bits per heavy atom. The number of amides is 1. The third kappa shape index (κ3) is 3.97. The molecule has 0 spiro atoms. The Morgan fingerprint density at radius 1 is 1.30 bits per heavy atom. The maximum absolute atomic E-state index is 12.7. The molecule has 0 unspecified atom stereocenters. The van der Waals surface area contributed by atoms with Crippen LogP contribution in [0.2, 0.25) is 0 Å². The average Bonchev–Trinajstić information content (AvgIpc) is 3.17. The lowest BCUT2D eigenvalue weighted by Crippen LogP contribution is -2.38. The number of nitrogens with zero attached hydrogens (tertiary/aromatic N) is 7. The first kappa shape index (κ1) is 20.2. The van der Waals surface area contributed by atoms with Crippen molar-refractivity contribution in [3.05, 3.63) is 42.1 Å². The van der Waals surface area contributed by atoms with Gasteiger partial charge in [0.15, 0.2) is 5.82 Å². The Bertz CT molecular complexity index is 1010. The zero-order valence-electron chi connectivity index (χ0n) is 17.7. The number of carbonyl (C=O) groups is 1. The quantitative estimate of drug-likeness (QED) is 0.614. The van der Waals surface area contributed by atoms with Crippen LogP contribution in [0.25, 0.3) is 11.0 Å². The molecule has 0 bridgehead atoms. The summed E-state index contributed by atoms with van der Waals surface area (Å²) in [6.45, 7) is 2.77. The number of aromatic nitrogens is 5. The SMILES string of the molecule is COCCN(C)c1nc(C2CCN(C(=O)c3ccnnc3)CC2)cc2c1ncn2C. The molecule has 0 N–H and O–H groups in total. The lowest BCUT2D eigenvalue weighted by atomic mass is 9.92. The van der Waals surface area contributed by atoms with Gasteiger partial charge in [0.05, 0.1) is 36.4 Å². The second kappa shape index (κ2) is 8.74. The van der Waals surface area contributed by atoms with Gasteiger partial charge in [-0.2, -0.15) is 10.2 Å². The maximum atomic E-state index is 12.7. The molecule has 1 aliphatic heterocycles. The molecule has 0 radical (unpaired) electrons. The van der Waals surface area contributed by atoms with Crippen molar-refractivity contribution in [2.24, 2.45) is 7.05 Å². The van der Waals surface area contributed by atoms with Crippen LogP contribution in [0.5, 0.6) is 0 Å². The first-order chi connectivity index (χ1) is 14.6. The van der Waals surface area contributed by atoms with Gasteiger partial charge in [0.2, 0.25) is 0 Å². The first-order valence-electron chi connectivity index (χ1n) is 10.2. The van der Waals surface area contributed by atoms with Crippen LogP contribution in [-0.2, 0) is 11.8 Å². The molecule has 1 amide bonds. The molecule has 0 aliphatic carbocycles. The molecular weight excluding hydrogens is 382 g/mol. The van der Waals surface area contributed by atoms with Crippen molar-refractivity contribution in [2.45, 2.75) is 18.8 Å². The average molecular weight is 409 g/mol. The van der Waals surface area contributed by atoms with Gasteiger partial charge in [-0.15, -0.1) is 0 Å². The molecule has 3 aromatic heterocycles. The third-order valence-corrected chi connectivity index (χ3v) is 5.74. The summed E-state index contributed by atoms with van der Waals surface area (Å²) in [5.74, 6) is 1.19. The minimum atomic E-state index is 0.0124. The van der Waals surface area contributed by atoms with Gasteiger partial charge < -0.3 is 19.1 Å².